The van der Waals surface area contributed by atoms with Crippen molar-refractivity contribution in [3.8, 4) is 5.75 Å². The summed E-state index contributed by atoms with van der Waals surface area (Å²) in [5, 5.41) is 15.7. The van der Waals surface area contributed by atoms with Crippen LogP contribution in [0, 0.1) is 0 Å². The number of hydrogen-bond donors (Lipinski definition) is 4. The molecule has 0 saturated heterocycles. The molecule has 23 heavy (non-hydrogen) atoms. The largest absolute Gasteiger partial charge is 0.508 e. The number of rotatable bonds is 5. The third kappa shape index (κ3) is 3.96. The Balaban J connectivity index is 1.75. The van der Waals surface area contributed by atoms with Crippen LogP contribution in [0.1, 0.15) is 5.56 Å². The molecule has 0 unspecified atom stereocenters. The van der Waals surface area contributed by atoms with Gasteiger partial charge >= 0.3 is 0 Å². The average Bonchev–Trinajstić information content (AvgIpc) is 2.57. The number of aromatic hydroxyl groups is 1. The van der Waals surface area contributed by atoms with Crippen molar-refractivity contribution in [2.75, 3.05) is 10.6 Å². The Morgan fingerprint density at radius 3 is 2.26 bits per heavy atom. The summed E-state index contributed by atoms with van der Waals surface area (Å²) in [5.41, 5.74) is 8.45. The second-order valence-corrected chi connectivity index (χ2v) is 4.99. The molecule has 1 aromatic heterocycles. The number of phenolic OH excluding ortho intramolecular Hbond substituents is 1. The van der Waals surface area contributed by atoms with Crippen LogP contribution in [0.4, 0.5) is 23.0 Å². The highest BCUT2D eigenvalue weighted by Gasteiger charge is 2.01. The molecule has 0 aliphatic rings. The molecule has 6 heteroatoms. The molecule has 3 rings (SSSR count). The number of anilines is 4. The summed E-state index contributed by atoms with van der Waals surface area (Å²) < 4.78 is 0. The van der Waals surface area contributed by atoms with E-state index in [1.165, 1.54) is 6.33 Å². The van der Waals surface area contributed by atoms with Crippen LogP contribution in [-0.4, -0.2) is 15.1 Å². The smallest absolute Gasteiger partial charge is 0.135 e. The van der Waals surface area contributed by atoms with Gasteiger partial charge in [0.05, 0.1) is 0 Å². The van der Waals surface area contributed by atoms with Crippen molar-refractivity contribution in [1.29, 1.82) is 0 Å². The first-order chi connectivity index (χ1) is 11.2. The molecule has 1 heterocycles. The van der Waals surface area contributed by atoms with Gasteiger partial charge in [0.2, 0.25) is 0 Å². The van der Waals surface area contributed by atoms with Gasteiger partial charge in [0, 0.05) is 24.0 Å². The zero-order valence-electron chi connectivity index (χ0n) is 12.4. The van der Waals surface area contributed by atoms with E-state index in [0.29, 0.717) is 18.2 Å². The lowest BCUT2D eigenvalue weighted by Crippen LogP contribution is -2.00. The average molecular weight is 307 g/mol. The summed E-state index contributed by atoms with van der Waals surface area (Å²) in [6.45, 7) is 0.493. The van der Waals surface area contributed by atoms with E-state index in [0.717, 1.165) is 16.9 Å². The lowest BCUT2D eigenvalue weighted by Gasteiger charge is -2.09. The highest BCUT2D eigenvalue weighted by Crippen LogP contribution is 2.21. The highest BCUT2D eigenvalue weighted by molar-refractivity contribution is 5.63. The molecule has 0 bridgehead atoms. The van der Waals surface area contributed by atoms with Crippen molar-refractivity contribution >= 4 is 23.0 Å². The van der Waals surface area contributed by atoms with Crippen molar-refractivity contribution in [2.45, 2.75) is 6.54 Å². The van der Waals surface area contributed by atoms with Crippen LogP contribution in [0.25, 0.3) is 0 Å². The SMILES string of the molecule is NCc1cccc(Nc2cc(Nc3ccc(O)cc3)ncn2)c1. The van der Waals surface area contributed by atoms with Gasteiger partial charge in [-0.3, -0.25) is 0 Å². The molecule has 0 aliphatic carbocycles. The van der Waals surface area contributed by atoms with Gasteiger partial charge < -0.3 is 21.5 Å². The first-order valence-corrected chi connectivity index (χ1v) is 7.17. The van der Waals surface area contributed by atoms with Crippen LogP contribution >= 0.6 is 0 Å². The quantitative estimate of drug-likeness (QED) is 0.541. The van der Waals surface area contributed by atoms with Crippen LogP contribution in [0.5, 0.6) is 5.75 Å². The molecule has 116 valence electrons. The standard InChI is InChI=1S/C17H17N5O/c18-10-12-2-1-3-14(8-12)22-17-9-16(19-11-20-17)21-13-4-6-15(23)7-5-13/h1-9,11,23H,10,18H2,(H2,19,20,21,22). The van der Waals surface area contributed by atoms with E-state index in [1.807, 2.05) is 30.3 Å². The van der Waals surface area contributed by atoms with Gasteiger partial charge in [-0.25, -0.2) is 9.97 Å². The zero-order valence-corrected chi connectivity index (χ0v) is 12.4. The minimum absolute atomic E-state index is 0.223. The van der Waals surface area contributed by atoms with Crippen LogP contribution < -0.4 is 16.4 Å². The molecule has 0 atom stereocenters. The zero-order chi connectivity index (χ0) is 16.1. The van der Waals surface area contributed by atoms with Crippen molar-refractivity contribution in [3.05, 3.63) is 66.5 Å². The van der Waals surface area contributed by atoms with E-state index in [4.69, 9.17) is 5.73 Å². The molecule has 0 aliphatic heterocycles. The number of nitrogens with one attached hydrogen (secondary N) is 2. The molecule has 6 nitrogen and oxygen atoms in total. The van der Waals surface area contributed by atoms with E-state index in [1.54, 1.807) is 24.3 Å². The Morgan fingerprint density at radius 1 is 0.870 bits per heavy atom. The molecular formula is C17H17N5O. The maximum absolute atomic E-state index is 9.30. The Kier molecular flexibility index (Phi) is 4.35. The molecule has 2 aromatic carbocycles. The number of nitrogens with two attached hydrogens (primary N) is 1. The van der Waals surface area contributed by atoms with Crippen molar-refractivity contribution in [2.24, 2.45) is 5.73 Å². The summed E-state index contributed by atoms with van der Waals surface area (Å²) in [6, 6.07) is 16.4. The molecular weight excluding hydrogens is 290 g/mol. The predicted octanol–water partition coefficient (Wildman–Crippen LogP) is 3.13. The summed E-state index contributed by atoms with van der Waals surface area (Å²) in [4.78, 5) is 8.40. The first kappa shape index (κ1) is 14.8. The van der Waals surface area contributed by atoms with Crippen LogP contribution in [0.3, 0.4) is 0 Å². The Hall–Kier alpha value is -3.12. The van der Waals surface area contributed by atoms with Crippen molar-refractivity contribution in [1.82, 2.24) is 9.97 Å². The van der Waals surface area contributed by atoms with Gasteiger partial charge in [0.1, 0.15) is 23.7 Å². The Bertz CT molecular complexity index is 789. The third-order valence-electron chi connectivity index (χ3n) is 3.24. The summed E-state index contributed by atoms with van der Waals surface area (Å²) in [7, 11) is 0. The predicted molar refractivity (Wildman–Crippen MR) is 91.0 cm³/mol. The molecule has 5 N–H and O–H groups in total. The topological polar surface area (TPSA) is 96.1 Å². The first-order valence-electron chi connectivity index (χ1n) is 7.17. The van der Waals surface area contributed by atoms with Crippen molar-refractivity contribution < 1.29 is 5.11 Å². The fourth-order valence-electron chi connectivity index (χ4n) is 2.11. The lowest BCUT2D eigenvalue weighted by molar-refractivity contribution is 0.475. The van der Waals surface area contributed by atoms with Crippen LogP contribution in [0.2, 0.25) is 0 Å². The molecule has 0 amide bonds. The fraction of sp³-hybridized carbons (Fsp3) is 0.0588. The number of nitrogens with zero attached hydrogens (tertiary/aromatic N) is 2. The Morgan fingerprint density at radius 2 is 1.57 bits per heavy atom. The summed E-state index contributed by atoms with van der Waals surface area (Å²) >= 11 is 0. The molecule has 0 radical (unpaired) electrons. The monoisotopic (exact) mass is 307 g/mol. The lowest BCUT2D eigenvalue weighted by atomic mass is 10.2. The van der Waals surface area contributed by atoms with E-state index in [-0.39, 0.29) is 5.75 Å². The van der Waals surface area contributed by atoms with E-state index < -0.39 is 0 Å². The number of aromatic nitrogens is 2. The van der Waals surface area contributed by atoms with E-state index in [2.05, 4.69) is 20.6 Å². The van der Waals surface area contributed by atoms with Gasteiger partial charge in [-0.05, 0) is 42.0 Å². The second-order valence-electron chi connectivity index (χ2n) is 4.99. The minimum Gasteiger partial charge on any atom is -0.508 e. The molecule has 3 aromatic rings. The van der Waals surface area contributed by atoms with Crippen LogP contribution in [0.15, 0.2) is 60.9 Å². The number of benzene rings is 2. The highest BCUT2D eigenvalue weighted by atomic mass is 16.3. The van der Waals surface area contributed by atoms with Gasteiger partial charge in [0.25, 0.3) is 0 Å². The van der Waals surface area contributed by atoms with Gasteiger partial charge in [-0.15, -0.1) is 0 Å². The Labute approximate surface area is 134 Å². The molecule has 0 saturated carbocycles. The van der Waals surface area contributed by atoms with Crippen molar-refractivity contribution in [3.63, 3.8) is 0 Å². The normalized spacial score (nSPS) is 10.3. The molecule has 0 spiro atoms. The second kappa shape index (κ2) is 6.76. The van der Waals surface area contributed by atoms with E-state index in [9.17, 15) is 5.11 Å². The van der Waals surface area contributed by atoms with E-state index >= 15 is 0 Å². The maximum Gasteiger partial charge on any atom is 0.135 e. The van der Waals surface area contributed by atoms with Gasteiger partial charge in [-0.2, -0.15) is 0 Å². The molecule has 0 fully saturated rings. The minimum atomic E-state index is 0.223. The van der Waals surface area contributed by atoms with Crippen LogP contribution in [-0.2, 0) is 6.54 Å². The maximum atomic E-state index is 9.30. The fourth-order valence-corrected chi connectivity index (χ4v) is 2.11. The number of phenols is 1. The summed E-state index contributed by atoms with van der Waals surface area (Å²) in [6.07, 6.45) is 1.48. The summed E-state index contributed by atoms with van der Waals surface area (Å²) in [5.74, 6) is 1.55. The van der Waals surface area contributed by atoms with Gasteiger partial charge in [0.15, 0.2) is 0 Å². The third-order valence-corrected chi connectivity index (χ3v) is 3.24. The number of hydrogen-bond acceptors (Lipinski definition) is 6. The van der Waals surface area contributed by atoms with Gasteiger partial charge in [-0.1, -0.05) is 12.1 Å².